The molecule has 1 atom stereocenters. The molecule has 1 aromatic heterocycles. The first-order valence-corrected chi connectivity index (χ1v) is 13.1. The van der Waals surface area contributed by atoms with E-state index in [-0.39, 0.29) is 18.2 Å². The summed E-state index contributed by atoms with van der Waals surface area (Å²) in [6.45, 7) is 5.46. The molecule has 1 fully saturated rings. The van der Waals surface area contributed by atoms with E-state index in [1.54, 1.807) is 0 Å². The quantitative estimate of drug-likeness (QED) is 0.380. The molecule has 1 saturated carbocycles. The summed E-state index contributed by atoms with van der Waals surface area (Å²) in [4.78, 5) is 31.0. The third kappa shape index (κ3) is 7.02. The van der Waals surface area contributed by atoms with Crippen LogP contribution in [-0.2, 0) is 16.0 Å². The normalized spacial score (nSPS) is 18.5. The lowest BCUT2D eigenvalue weighted by Gasteiger charge is -2.30. The summed E-state index contributed by atoms with van der Waals surface area (Å²) in [6.07, 6.45) is 3.94. The van der Waals surface area contributed by atoms with Crippen LogP contribution in [0.25, 0.3) is 11.1 Å². The molecule has 0 saturated heterocycles. The number of anilines is 1. The van der Waals surface area contributed by atoms with Crippen LogP contribution in [0.1, 0.15) is 45.1 Å². The summed E-state index contributed by atoms with van der Waals surface area (Å²) in [6, 6.07) is 14.5. The molecule has 0 bridgehead atoms. The molecule has 2 N–H and O–H groups in total. The van der Waals surface area contributed by atoms with E-state index in [4.69, 9.17) is 9.15 Å². The fourth-order valence-electron chi connectivity index (χ4n) is 4.91. The van der Waals surface area contributed by atoms with E-state index < -0.39 is 12.0 Å². The van der Waals surface area contributed by atoms with Crippen molar-refractivity contribution >= 4 is 29.0 Å². The number of carboxylic acid groups (broad SMARTS) is 1. The van der Waals surface area contributed by atoms with E-state index in [0.717, 1.165) is 42.3 Å². The minimum atomic E-state index is -1.02. The highest BCUT2D eigenvalue weighted by Crippen LogP contribution is 2.33. The van der Waals surface area contributed by atoms with Crippen LogP contribution in [0.4, 0.5) is 6.01 Å². The lowest BCUT2D eigenvalue weighted by atomic mass is 9.76. The highest BCUT2D eigenvalue weighted by Gasteiger charge is 2.30. The third-order valence-electron chi connectivity index (χ3n) is 7.37. The molecule has 1 aliphatic carbocycles. The number of hydrogen-bond acceptors (Lipinski definition) is 6. The monoisotopic (exact) mass is 507 g/mol. The number of benzene rings is 2. The van der Waals surface area contributed by atoms with Crippen LogP contribution in [0, 0.1) is 17.8 Å². The Bertz CT molecular complexity index is 1150. The van der Waals surface area contributed by atoms with Gasteiger partial charge < -0.3 is 24.5 Å². The number of nitrogens with zero attached hydrogens (tertiary/aromatic N) is 2. The SMILES string of the molecule is CC(C)[C@H]1CC[C@H](C(=O)N[C@H](Cc2ccc(OCCN(C)c3nc4ccccc4o3)cc2)C(=O)O)CC1. The van der Waals surface area contributed by atoms with Crippen molar-refractivity contribution in [3.8, 4) is 5.75 Å². The minimum absolute atomic E-state index is 0.0967. The molecule has 0 unspecified atom stereocenters. The lowest BCUT2D eigenvalue weighted by Crippen LogP contribution is -2.45. The Hall–Kier alpha value is -3.55. The molecule has 8 heteroatoms. The van der Waals surface area contributed by atoms with Crippen molar-refractivity contribution < 1.29 is 23.8 Å². The van der Waals surface area contributed by atoms with Crippen LogP contribution in [0.2, 0.25) is 0 Å². The predicted octanol–water partition coefficient (Wildman–Crippen LogP) is 4.92. The molecule has 4 rings (SSSR count). The Morgan fingerprint density at radius 3 is 2.46 bits per heavy atom. The number of para-hydroxylation sites is 2. The molecule has 1 amide bonds. The number of ether oxygens (including phenoxy) is 1. The van der Waals surface area contributed by atoms with Crippen molar-refractivity contribution in [2.45, 2.75) is 52.0 Å². The number of fused-ring (bicyclic) bond motifs is 1. The summed E-state index contributed by atoms with van der Waals surface area (Å²) >= 11 is 0. The summed E-state index contributed by atoms with van der Waals surface area (Å²) in [7, 11) is 1.90. The maximum atomic E-state index is 12.8. The average Bonchev–Trinajstić information content (AvgIpc) is 3.34. The van der Waals surface area contributed by atoms with Gasteiger partial charge in [-0.15, -0.1) is 0 Å². The Labute approximate surface area is 218 Å². The van der Waals surface area contributed by atoms with Gasteiger partial charge in [-0.3, -0.25) is 4.79 Å². The molecule has 0 radical (unpaired) electrons. The molecule has 8 nitrogen and oxygen atoms in total. The summed E-state index contributed by atoms with van der Waals surface area (Å²) in [5.41, 5.74) is 2.39. The first-order chi connectivity index (χ1) is 17.8. The number of carbonyl (C=O) groups excluding carboxylic acids is 1. The smallest absolute Gasteiger partial charge is 0.326 e. The number of oxazole rings is 1. The molecule has 0 aliphatic heterocycles. The van der Waals surface area contributed by atoms with Gasteiger partial charge in [0.05, 0.1) is 6.54 Å². The Morgan fingerprint density at radius 2 is 1.81 bits per heavy atom. The fourth-order valence-corrected chi connectivity index (χ4v) is 4.91. The third-order valence-corrected chi connectivity index (χ3v) is 7.37. The number of likely N-dealkylation sites (N-methyl/N-ethyl adjacent to an activating group) is 1. The highest BCUT2D eigenvalue weighted by molar-refractivity contribution is 5.85. The second kappa shape index (κ2) is 12.1. The van der Waals surface area contributed by atoms with E-state index in [1.807, 2.05) is 60.5 Å². The average molecular weight is 508 g/mol. The van der Waals surface area contributed by atoms with Gasteiger partial charge in [0.25, 0.3) is 6.01 Å². The van der Waals surface area contributed by atoms with Crippen molar-refractivity contribution in [3.05, 3.63) is 54.1 Å². The van der Waals surface area contributed by atoms with Crippen molar-refractivity contribution in [2.75, 3.05) is 25.1 Å². The van der Waals surface area contributed by atoms with Crippen LogP contribution >= 0.6 is 0 Å². The molecule has 37 heavy (non-hydrogen) atoms. The van der Waals surface area contributed by atoms with Gasteiger partial charge in [-0.2, -0.15) is 4.98 Å². The summed E-state index contributed by atoms with van der Waals surface area (Å²) in [5.74, 6) is 0.706. The molecule has 1 heterocycles. The van der Waals surface area contributed by atoms with Crippen molar-refractivity contribution in [2.24, 2.45) is 17.8 Å². The fraction of sp³-hybridized carbons (Fsp3) is 0.483. The van der Waals surface area contributed by atoms with Gasteiger partial charge in [-0.25, -0.2) is 4.79 Å². The zero-order valence-electron chi connectivity index (χ0n) is 21.9. The van der Waals surface area contributed by atoms with Gasteiger partial charge in [-0.05, 0) is 67.3 Å². The maximum absolute atomic E-state index is 12.8. The van der Waals surface area contributed by atoms with E-state index in [9.17, 15) is 14.7 Å². The Kier molecular flexibility index (Phi) is 8.69. The first-order valence-electron chi connectivity index (χ1n) is 13.1. The van der Waals surface area contributed by atoms with Crippen LogP contribution in [0.5, 0.6) is 5.75 Å². The van der Waals surface area contributed by atoms with Crippen molar-refractivity contribution in [1.82, 2.24) is 10.3 Å². The molecule has 2 aromatic carbocycles. The van der Waals surface area contributed by atoms with Crippen LogP contribution in [0.15, 0.2) is 52.9 Å². The summed E-state index contributed by atoms with van der Waals surface area (Å²) in [5, 5.41) is 12.5. The summed E-state index contributed by atoms with van der Waals surface area (Å²) < 4.78 is 11.6. The predicted molar refractivity (Wildman–Crippen MR) is 143 cm³/mol. The van der Waals surface area contributed by atoms with Crippen molar-refractivity contribution in [3.63, 3.8) is 0 Å². The topological polar surface area (TPSA) is 105 Å². The van der Waals surface area contributed by atoms with Gasteiger partial charge in [0, 0.05) is 19.4 Å². The highest BCUT2D eigenvalue weighted by atomic mass is 16.5. The standard InChI is InChI=1S/C29H37N3O5/c1-19(2)21-10-12-22(13-11-21)27(33)30-25(28(34)35)18-20-8-14-23(15-9-20)36-17-16-32(3)29-31-24-6-4-5-7-26(24)37-29/h4-9,14-15,19,21-22,25H,10-13,16-18H2,1-3H3,(H,30,33)(H,34,35)/t21-,22-,25-/m1/s1. The molecule has 0 spiro atoms. The minimum Gasteiger partial charge on any atom is -0.492 e. The van der Waals surface area contributed by atoms with E-state index in [1.165, 1.54) is 0 Å². The maximum Gasteiger partial charge on any atom is 0.326 e. The number of carbonyl (C=O) groups is 2. The zero-order valence-corrected chi connectivity index (χ0v) is 21.9. The Balaban J connectivity index is 1.24. The number of aliphatic carboxylic acids is 1. The van der Waals surface area contributed by atoms with E-state index in [0.29, 0.717) is 36.8 Å². The molecule has 3 aromatic rings. The number of carboxylic acids is 1. The van der Waals surface area contributed by atoms with Gasteiger partial charge in [0.1, 0.15) is 23.9 Å². The van der Waals surface area contributed by atoms with Crippen LogP contribution in [0.3, 0.4) is 0 Å². The second-order valence-corrected chi connectivity index (χ2v) is 10.3. The molecular weight excluding hydrogens is 470 g/mol. The number of amides is 1. The Morgan fingerprint density at radius 1 is 1.11 bits per heavy atom. The van der Waals surface area contributed by atoms with Gasteiger partial charge in [-0.1, -0.05) is 38.1 Å². The largest absolute Gasteiger partial charge is 0.492 e. The lowest BCUT2D eigenvalue weighted by molar-refractivity contribution is -0.142. The number of aromatic nitrogens is 1. The molecule has 198 valence electrons. The van der Waals surface area contributed by atoms with Crippen LogP contribution in [-0.4, -0.2) is 48.2 Å². The van der Waals surface area contributed by atoms with Gasteiger partial charge >= 0.3 is 5.97 Å². The van der Waals surface area contributed by atoms with Crippen molar-refractivity contribution in [1.29, 1.82) is 0 Å². The van der Waals surface area contributed by atoms with Gasteiger partial charge in [0.2, 0.25) is 5.91 Å². The molecule has 1 aliphatic rings. The first kappa shape index (κ1) is 26.5. The second-order valence-electron chi connectivity index (χ2n) is 10.3. The number of nitrogens with one attached hydrogen (secondary N) is 1. The van der Waals surface area contributed by atoms with E-state index in [2.05, 4.69) is 24.1 Å². The van der Waals surface area contributed by atoms with E-state index >= 15 is 0 Å². The number of hydrogen-bond donors (Lipinski definition) is 2. The zero-order chi connectivity index (χ0) is 26.4. The van der Waals surface area contributed by atoms with Gasteiger partial charge in [0.15, 0.2) is 5.58 Å². The number of rotatable bonds is 11. The molecular formula is C29H37N3O5. The van der Waals surface area contributed by atoms with Crippen LogP contribution < -0.4 is 15.0 Å².